The summed E-state index contributed by atoms with van der Waals surface area (Å²) in [6.45, 7) is 6.20. The quantitative estimate of drug-likeness (QED) is 0.552. The van der Waals surface area contributed by atoms with Crippen LogP contribution in [-0.2, 0) is 0 Å². The zero-order valence-corrected chi connectivity index (χ0v) is 7.56. The highest BCUT2D eigenvalue weighted by Gasteiger charge is 2.43. The van der Waals surface area contributed by atoms with E-state index >= 15 is 0 Å². The first-order chi connectivity index (χ1) is 5.20. The van der Waals surface area contributed by atoms with Crippen LogP contribution in [0.15, 0.2) is 0 Å². The van der Waals surface area contributed by atoms with Crippen LogP contribution in [0.3, 0.4) is 0 Å². The summed E-state index contributed by atoms with van der Waals surface area (Å²) in [5.74, 6) is 0. The molecule has 0 radical (unpaired) electrons. The van der Waals surface area contributed by atoms with Crippen molar-refractivity contribution in [3.63, 3.8) is 0 Å². The van der Waals surface area contributed by atoms with E-state index in [1.807, 2.05) is 0 Å². The second-order valence-electron chi connectivity index (χ2n) is 4.48. The molecule has 64 valence electrons. The molecule has 1 unspecified atom stereocenters. The SMILES string of the molecule is CC1CC2(CCN1)CN(C)C2. The van der Waals surface area contributed by atoms with Crippen LogP contribution in [0.25, 0.3) is 0 Å². The molecule has 2 nitrogen and oxygen atoms in total. The fraction of sp³-hybridized carbons (Fsp3) is 1.00. The number of hydrogen-bond acceptors (Lipinski definition) is 2. The van der Waals surface area contributed by atoms with Gasteiger partial charge in [0.15, 0.2) is 0 Å². The van der Waals surface area contributed by atoms with Crippen LogP contribution in [0.4, 0.5) is 0 Å². The van der Waals surface area contributed by atoms with Gasteiger partial charge in [-0.1, -0.05) is 0 Å². The van der Waals surface area contributed by atoms with Gasteiger partial charge in [0, 0.05) is 19.1 Å². The topological polar surface area (TPSA) is 15.3 Å². The largest absolute Gasteiger partial charge is 0.314 e. The summed E-state index contributed by atoms with van der Waals surface area (Å²) >= 11 is 0. The number of likely N-dealkylation sites (tertiary alicyclic amines) is 1. The van der Waals surface area contributed by atoms with Crippen molar-refractivity contribution in [2.24, 2.45) is 5.41 Å². The highest BCUT2D eigenvalue weighted by Crippen LogP contribution is 2.39. The molecule has 11 heavy (non-hydrogen) atoms. The molecule has 2 fully saturated rings. The van der Waals surface area contributed by atoms with Crippen LogP contribution in [0.1, 0.15) is 19.8 Å². The molecule has 0 aromatic carbocycles. The van der Waals surface area contributed by atoms with Gasteiger partial charge in [-0.3, -0.25) is 0 Å². The predicted octanol–water partition coefficient (Wildman–Crippen LogP) is 0.690. The van der Waals surface area contributed by atoms with E-state index in [-0.39, 0.29) is 0 Å². The summed E-state index contributed by atoms with van der Waals surface area (Å²) in [6, 6.07) is 0.748. The average molecular weight is 154 g/mol. The van der Waals surface area contributed by atoms with Crippen molar-refractivity contribution in [3.8, 4) is 0 Å². The smallest absolute Gasteiger partial charge is 0.00485 e. The molecule has 0 aliphatic carbocycles. The molecule has 0 bridgehead atoms. The van der Waals surface area contributed by atoms with Gasteiger partial charge in [0.25, 0.3) is 0 Å². The number of nitrogens with zero attached hydrogens (tertiary/aromatic N) is 1. The summed E-state index contributed by atoms with van der Waals surface area (Å²) in [5, 5.41) is 3.50. The van der Waals surface area contributed by atoms with Crippen molar-refractivity contribution < 1.29 is 0 Å². The lowest BCUT2D eigenvalue weighted by Gasteiger charge is -2.52. The minimum absolute atomic E-state index is 0.708. The molecule has 2 heterocycles. The zero-order valence-electron chi connectivity index (χ0n) is 7.56. The van der Waals surface area contributed by atoms with E-state index in [0.717, 1.165) is 6.04 Å². The van der Waals surface area contributed by atoms with Gasteiger partial charge in [-0.25, -0.2) is 0 Å². The predicted molar refractivity (Wildman–Crippen MR) is 46.6 cm³/mol. The monoisotopic (exact) mass is 154 g/mol. The molecule has 2 rings (SSSR count). The van der Waals surface area contributed by atoms with Crippen molar-refractivity contribution in [3.05, 3.63) is 0 Å². The van der Waals surface area contributed by atoms with E-state index in [0.29, 0.717) is 5.41 Å². The van der Waals surface area contributed by atoms with Gasteiger partial charge in [0.1, 0.15) is 0 Å². The summed E-state index contributed by atoms with van der Waals surface area (Å²) in [5.41, 5.74) is 0.708. The highest BCUT2D eigenvalue weighted by atomic mass is 15.2. The Hall–Kier alpha value is -0.0800. The maximum atomic E-state index is 3.50. The lowest BCUT2D eigenvalue weighted by atomic mass is 9.71. The lowest BCUT2D eigenvalue weighted by Crippen LogP contribution is -2.59. The van der Waals surface area contributed by atoms with E-state index in [1.165, 1.54) is 32.5 Å². The first-order valence-corrected chi connectivity index (χ1v) is 4.62. The molecule has 0 aromatic heterocycles. The van der Waals surface area contributed by atoms with Crippen LogP contribution < -0.4 is 5.32 Å². The first-order valence-electron chi connectivity index (χ1n) is 4.62. The number of hydrogen-bond donors (Lipinski definition) is 1. The Morgan fingerprint density at radius 2 is 2.18 bits per heavy atom. The second kappa shape index (κ2) is 2.46. The summed E-state index contributed by atoms with van der Waals surface area (Å²) in [6.07, 6.45) is 2.78. The summed E-state index contributed by atoms with van der Waals surface area (Å²) < 4.78 is 0. The van der Waals surface area contributed by atoms with Gasteiger partial charge >= 0.3 is 0 Å². The molecule has 0 saturated carbocycles. The molecular formula is C9H18N2. The van der Waals surface area contributed by atoms with Crippen LogP contribution in [0, 0.1) is 5.41 Å². The summed E-state index contributed by atoms with van der Waals surface area (Å²) in [7, 11) is 2.22. The van der Waals surface area contributed by atoms with Crippen LogP contribution >= 0.6 is 0 Å². The molecule has 0 aromatic rings. The second-order valence-corrected chi connectivity index (χ2v) is 4.48. The van der Waals surface area contributed by atoms with Gasteiger partial charge in [-0.05, 0) is 38.8 Å². The molecule has 2 aliphatic rings. The number of piperidine rings is 1. The number of nitrogens with one attached hydrogen (secondary N) is 1. The minimum atomic E-state index is 0.708. The molecule has 2 saturated heterocycles. The van der Waals surface area contributed by atoms with E-state index in [9.17, 15) is 0 Å². The standard InChI is InChI=1S/C9H18N2/c1-8-5-9(3-4-10-8)6-11(2)7-9/h8,10H,3-7H2,1-2H3. The Morgan fingerprint density at radius 1 is 1.45 bits per heavy atom. The summed E-state index contributed by atoms with van der Waals surface area (Å²) in [4.78, 5) is 2.43. The zero-order chi connectivity index (χ0) is 7.90. The Bertz CT molecular complexity index is 144. The normalized spacial score (nSPS) is 37.1. The Balaban J connectivity index is 1.93. The molecule has 1 atom stereocenters. The van der Waals surface area contributed by atoms with Crippen LogP contribution in [0.2, 0.25) is 0 Å². The lowest BCUT2D eigenvalue weighted by molar-refractivity contribution is -0.0145. The van der Waals surface area contributed by atoms with Crippen molar-refractivity contribution in [1.82, 2.24) is 10.2 Å². The third-order valence-corrected chi connectivity index (χ3v) is 3.10. The Kier molecular flexibility index (Phi) is 1.69. The fourth-order valence-electron chi connectivity index (χ4n) is 2.79. The van der Waals surface area contributed by atoms with Gasteiger partial charge in [0.2, 0.25) is 0 Å². The van der Waals surface area contributed by atoms with Crippen LogP contribution in [-0.4, -0.2) is 37.6 Å². The van der Waals surface area contributed by atoms with Crippen molar-refractivity contribution in [2.75, 3.05) is 26.7 Å². The molecule has 1 N–H and O–H groups in total. The Morgan fingerprint density at radius 3 is 2.73 bits per heavy atom. The maximum Gasteiger partial charge on any atom is 0.00485 e. The third kappa shape index (κ3) is 1.30. The van der Waals surface area contributed by atoms with Crippen LogP contribution in [0.5, 0.6) is 0 Å². The molecule has 0 amide bonds. The van der Waals surface area contributed by atoms with Gasteiger partial charge in [-0.15, -0.1) is 0 Å². The van der Waals surface area contributed by atoms with Crippen molar-refractivity contribution >= 4 is 0 Å². The minimum Gasteiger partial charge on any atom is -0.314 e. The molecule has 2 heteroatoms. The highest BCUT2D eigenvalue weighted by molar-refractivity contribution is 4.98. The number of rotatable bonds is 0. The van der Waals surface area contributed by atoms with E-state index in [4.69, 9.17) is 0 Å². The molecule has 1 spiro atoms. The molecule has 2 aliphatic heterocycles. The van der Waals surface area contributed by atoms with Gasteiger partial charge in [-0.2, -0.15) is 0 Å². The average Bonchev–Trinajstić information content (AvgIpc) is 1.84. The van der Waals surface area contributed by atoms with Gasteiger partial charge in [0.05, 0.1) is 0 Å². The fourth-order valence-corrected chi connectivity index (χ4v) is 2.79. The third-order valence-electron chi connectivity index (χ3n) is 3.10. The van der Waals surface area contributed by atoms with Crippen molar-refractivity contribution in [2.45, 2.75) is 25.8 Å². The van der Waals surface area contributed by atoms with E-state index in [2.05, 4.69) is 24.2 Å². The van der Waals surface area contributed by atoms with E-state index in [1.54, 1.807) is 0 Å². The van der Waals surface area contributed by atoms with Gasteiger partial charge < -0.3 is 10.2 Å². The molecular weight excluding hydrogens is 136 g/mol. The maximum absolute atomic E-state index is 3.50. The first kappa shape index (κ1) is 7.56. The van der Waals surface area contributed by atoms with E-state index < -0.39 is 0 Å². The van der Waals surface area contributed by atoms with Crippen molar-refractivity contribution in [1.29, 1.82) is 0 Å². The Labute approximate surface area is 69.0 Å².